The van der Waals surface area contributed by atoms with Crippen LogP contribution in [0.4, 0.5) is 0 Å². The summed E-state index contributed by atoms with van der Waals surface area (Å²) in [5.41, 5.74) is 5.20. The highest BCUT2D eigenvalue weighted by atomic mass is 16.5. The van der Waals surface area contributed by atoms with Gasteiger partial charge in [0.1, 0.15) is 23.5 Å². The van der Waals surface area contributed by atoms with Crippen LogP contribution in [0.3, 0.4) is 0 Å². The molecule has 0 spiro atoms. The largest absolute Gasteiger partial charge is 0.497 e. The number of hydrogen-bond acceptors (Lipinski definition) is 3. The van der Waals surface area contributed by atoms with Crippen molar-refractivity contribution in [2.75, 3.05) is 7.11 Å². The summed E-state index contributed by atoms with van der Waals surface area (Å²) in [5.74, 6) is 0.797. The number of fused-ring (bicyclic) bond motifs is 3. The molecule has 3 rings (SSSR count). The molecule has 0 aliphatic rings. The lowest BCUT2D eigenvalue weighted by atomic mass is 9.97. The first kappa shape index (κ1) is 14.7. The zero-order valence-electron chi connectivity index (χ0n) is 13.2. The highest BCUT2D eigenvalue weighted by Gasteiger charge is 2.13. The van der Waals surface area contributed by atoms with Crippen molar-refractivity contribution in [3.8, 4) is 17.9 Å². The zero-order chi connectivity index (χ0) is 16.6. The molecule has 0 amide bonds. The quantitative estimate of drug-likeness (QED) is 0.714. The normalized spacial score (nSPS) is 10.3. The van der Waals surface area contributed by atoms with E-state index in [1.807, 2.05) is 50.3 Å². The Hall–Kier alpha value is -3.24. The average Bonchev–Trinajstić information content (AvgIpc) is 2.96. The summed E-state index contributed by atoms with van der Waals surface area (Å²) >= 11 is 0. The third-order valence-electron chi connectivity index (χ3n) is 4.12. The number of methoxy groups -OCH3 is 1. The second-order valence-electron chi connectivity index (χ2n) is 5.48. The summed E-state index contributed by atoms with van der Waals surface area (Å²) in [4.78, 5) is 3.44. The number of aromatic nitrogens is 1. The Labute approximate surface area is 134 Å². The first-order valence-corrected chi connectivity index (χ1v) is 7.20. The third kappa shape index (κ3) is 2.31. The van der Waals surface area contributed by atoms with Crippen LogP contribution in [-0.4, -0.2) is 12.1 Å². The molecule has 1 N–H and O–H groups in total. The third-order valence-corrected chi connectivity index (χ3v) is 4.12. The number of ether oxygens (including phenoxy) is 1. The van der Waals surface area contributed by atoms with E-state index in [-0.39, 0.29) is 5.57 Å². The minimum atomic E-state index is 0.101. The van der Waals surface area contributed by atoms with Gasteiger partial charge in [-0.3, -0.25) is 0 Å². The van der Waals surface area contributed by atoms with E-state index in [2.05, 4.69) is 4.98 Å². The van der Waals surface area contributed by atoms with Crippen LogP contribution < -0.4 is 4.74 Å². The molecule has 0 aliphatic carbocycles. The Bertz CT molecular complexity index is 1030. The van der Waals surface area contributed by atoms with E-state index in [0.717, 1.165) is 44.2 Å². The van der Waals surface area contributed by atoms with Gasteiger partial charge in [0.25, 0.3) is 0 Å². The second kappa shape index (κ2) is 5.51. The first-order valence-electron chi connectivity index (χ1n) is 7.20. The minimum Gasteiger partial charge on any atom is -0.497 e. The van der Waals surface area contributed by atoms with Crippen molar-refractivity contribution < 1.29 is 4.74 Å². The highest BCUT2D eigenvalue weighted by Crippen LogP contribution is 2.34. The van der Waals surface area contributed by atoms with Crippen LogP contribution >= 0.6 is 0 Å². The molecule has 0 fully saturated rings. The zero-order valence-corrected chi connectivity index (χ0v) is 13.2. The van der Waals surface area contributed by atoms with Crippen molar-refractivity contribution in [2.24, 2.45) is 0 Å². The van der Waals surface area contributed by atoms with Gasteiger partial charge in [-0.05, 0) is 60.9 Å². The standard InChI is InChI=1S/C19H15N3O/c1-11-6-14(7-13(9-20)10-21)12(2)18-16-8-15(23-3)4-5-17(16)22-19(11)18/h4-8,22H,1-3H3. The Morgan fingerprint density at radius 1 is 1.17 bits per heavy atom. The maximum Gasteiger partial charge on any atom is 0.130 e. The maximum absolute atomic E-state index is 9.00. The predicted molar refractivity (Wildman–Crippen MR) is 91.0 cm³/mol. The van der Waals surface area contributed by atoms with Crippen LogP contribution in [-0.2, 0) is 0 Å². The SMILES string of the molecule is COc1ccc2[nH]c3c(C)cc(C=C(C#N)C#N)c(C)c3c2c1. The fourth-order valence-corrected chi connectivity index (χ4v) is 2.94. The number of rotatable bonds is 2. The second-order valence-corrected chi connectivity index (χ2v) is 5.48. The van der Waals surface area contributed by atoms with E-state index in [1.165, 1.54) is 0 Å². The van der Waals surface area contributed by atoms with Gasteiger partial charge in [0.15, 0.2) is 0 Å². The molecule has 4 heteroatoms. The molecular formula is C19H15N3O. The van der Waals surface area contributed by atoms with Crippen molar-refractivity contribution in [3.63, 3.8) is 0 Å². The van der Waals surface area contributed by atoms with Gasteiger partial charge in [-0.1, -0.05) is 0 Å². The summed E-state index contributed by atoms with van der Waals surface area (Å²) < 4.78 is 5.33. The Morgan fingerprint density at radius 3 is 2.57 bits per heavy atom. The molecule has 0 unspecified atom stereocenters. The van der Waals surface area contributed by atoms with Crippen molar-refractivity contribution in [2.45, 2.75) is 13.8 Å². The molecule has 0 atom stereocenters. The monoisotopic (exact) mass is 301 g/mol. The number of aryl methyl sites for hydroxylation is 2. The molecule has 2 aromatic carbocycles. The van der Waals surface area contributed by atoms with Crippen LogP contribution in [0.15, 0.2) is 29.8 Å². The van der Waals surface area contributed by atoms with Gasteiger partial charge < -0.3 is 9.72 Å². The number of nitrogens with one attached hydrogen (secondary N) is 1. The number of H-pyrrole nitrogens is 1. The van der Waals surface area contributed by atoms with E-state index in [0.29, 0.717) is 0 Å². The molecule has 4 nitrogen and oxygen atoms in total. The molecule has 0 saturated carbocycles. The van der Waals surface area contributed by atoms with Crippen molar-refractivity contribution in [1.82, 2.24) is 4.98 Å². The fraction of sp³-hybridized carbons (Fsp3) is 0.158. The van der Waals surface area contributed by atoms with Crippen molar-refractivity contribution in [3.05, 3.63) is 46.5 Å². The molecule has 112 valence electrons. The van der Waals surface area contributed by atoms with Crippen LogP contribution in [0.25, 0.3) is 27.9 Å². The van der Waals surface area contributed by atoms with E-state index in [9.17, 15) is 0 Å². The molecular weight excluding hydrogens is 286 g/mol. The van der Waals surface area contributed by atoms with Gasteiger partial charge in [-0.15, -0.1) is 0 Å². The topological polar surface area (TPSA) is 72.6 Å². The molecule has 1 heterocycles. The predicted octanol–water partition coefficient (Wildman–Crippen LogP) is 4.38. The van der Waals surface area contributed by atoms with Crippen molar-refractivity contribution in [1.29, 1.82) is 10.5 Å². The van der Waals surface area contributed by atoms with E-state index in [4.69, 9.17) is 15.3 Å². The van der Waals surface area contributed by atoms with Gasteiger partial charge in [-0.25, -0.2) is 0 Å². The molecule has 23 heavy (non-hydrogen) atoms. The minimum absolute atomic E-state index is 0.101. The summed E-state index contributed by atoms with van der Waals surface area (Å²) in [6.07, 6.45) is 1.64. The fourth-order valence-electron chi connectivity index (χ4n) is 2.94. The lowest BCUT2D eigenvalue weighted by Crippen LogP contribution is -1.88. The van der Waals surface area contributed by atoms with Gasteiger partial charge in [0, 0.05) is 21.8 Å². The summed E-state index contributed by atoms with van der Waals surface area (Å²) in [6, 6.07) is 11.8. The number of nitrogens with zero attached hydrogens (tertiary/aromatic N) is 2. The molecule has 0 bridgehead atoms. The van der Waals surface area contributed by atoms with Crippen LogP contribution in [0.5, 0.6) is 5.75 Å². The summed E-state index contributed by atoms with van der Waals surface area (Å²) in [6.45, 7) is 4.02. The first-order chi connectivity index (χ1) is 11.1. The van der Waals surface area contributed by atoms with E-state index in [1.54, 1.807) is 13.2 Å². The Morgan fingerprint density at radius 2 is 1.91 bits per heavy atom. The molecule has 1 aromatic heterocycles. The number of allylic oxidation sites excluding steroid dienone is 1. The maximum atomic E-state index is 9.00. The number of hydrogen-bond donors (Lipinski definition) is 1. The van der Waals surface area contributed by atoms with Crippen LogP contribution in [0, 0.1) is 36.5 Å². The molecule has 0 aliphatic heterocycles. The Kier molecular flexibility index (Phi) is 3.52. The summed E-state index contributed by atoms with van der Waals surface area (Å²) in [5, 5.41) is 20.2. The number of benzene rings is 2. The summed E-state index contributed by atoms with van der Waals surface area (Å²) in [7, 11) is 1.65. The Balaban J connectivity index is 2.42. The van der Waals surface area contributed by atoms with Crippen molar-refractivity contribution >= 4 is 27.9 Å². The highest BCUT2D eigenvalue weighted by molar-refractivity contribution is 6.11. The van der Waals surface area contributed by atoms with E-state index >= 15 is 0 Å². The number of aromatic amines is 1. The van der Waals surface area contributed by atoms with E-state index < -0.39 is 0 Å². The number of nitriles is 2. The lowest BCUT2D eigenvalue weighted by molar-refractivity contribution is 0.415. The lowest BCUT2D eigenvalue weighted by Gasteiger charge is -2.07. The van der Waals surface area contributed by atoms with Crippen LogP contribution in [0.1, 0.15) is 16.7 Å². The van der Waals surface area contributed by atoms with Gasteiger partial charge in [0.2, 0.25) is 0 Å². The molecule has 0 radical (unpaired) electrons. The average molecular weight is 301 g/mol. The molecule has 0 saturated heterocycles. The van der Waals surface area contributed by atoms with Gasteiger partial charge in [0.05, 0.1) is 7.11 Å². The smallest absolute Gasteiger partial charge is 0.130 e. The van der Waals surface area contributed by atoms with Crippen LogP contribution in [0.2, 0.25) is 0 Å². The van der Waals surface area contributed by atoms with Gasteiger partial charge in [-0.2, -0.15) is 10.5 Å². The van der Waals surface area contributed by atoms with Gasteiger partial charge >= 0.3 is 0 Å². The molecule has 3 aromatic rings.